The van der Waals surface area contributed by atoms with Crippen molar-refractivity contribution in [2.45, 2.75) is 19.3 Å². The third kappa shape index (κ3) is 11.8. The van der Waals surface area contributed by atoms with Gasteiger partial charge in [0.25, 0.3) is 11.8 Å². The number of hydrogen-bond acceptors (Lipinski definition) is 7. The summed E-state index contributed by atoms with van der Waals surface area (Å²) in [5.74, 6) is 0.560. The van der Waals surface area contributed by atoms with Gasteiger partial charge in [0.05, 0.1) is 46.2 Å². The topological polar surface area (TPSA) is 94.2 Å². The van der Waals surface area contributed by atoms with E-state index in [0.717, 1.165) is 23.5 Å². The van der Waals surface area contributed by atoms with Crippen LogP contribution in [-0.2, 0) is 28.6 Å². The summed E-state index contributed by atoms with van der Waals surface area (Å²) in [7, 11) is 0. The van der Waals surface area contributed by atoms with Gasteiger partial charge in [-0.25, -0.2) is 0 Å². The third-order valence-electron chi connectivity index (χ3n) is 3.67. The van der Waals surface area contributed by atoms with Gasteiger partial charge in [-0.1, -0.05) is 0 Å². The Hall–Kier alpha value is -1.42. The molecule has 0 spiro atoms. The molecule has 1 rings (SSSR count). The van der Waals surface area contributed by atoms with Gasteiger partial charge in [0.1, 0.15) is 0 Å². The van der Waals surface area contributed by atoms with Gasteiger partial charge in [0.2, 0.25) is 5.91 Å². The van der Waals surface area contributed by atoms with Gasteiger partial charge in [0.15, 0.2) is 0 Å². The molecule has 0 atom stereocenters. The third-order valence-corrected chi connectivity index (χ3v) is 4.37. The molecular formula is C18H30N2O6S. The number of ether oxygens (including phenoxy) is 3. The molecule has 0 saturated heterocycles. The Morgan fingerprint density at radius 3 is 2.19 bits per heavy atom. The molecule has 0 saturated carbocycles. The average Bonchev–Trinajstić information content (AvgIpc) is 2.98. The number of carbonyl (C=O) groups excluding carboxylic acids is 3. The number of imide groups is 1. The Bertz CT molecular complexity index is 468. The van der Waals surface area contributed by atoms with E-state index in [0.29, 0.717) is 46.0 Å². The van der Waals surface area contributed by atoms with Crippen LogP contribution < -0.4 is 5.32 Å². The molecule has 154 valence electrons. The summed E-state index contributed by atoms with van der Waals surface area (Å²) < 4.78 is 16.0. The molecule has 0 bridgehead atoms. The lowest BCUT2D eigenvalue weighted by atomic mass is 10.2. The molecular weight excluding hydrogens is 372 g/mol. The zero-order valence-electron chi connectivity index (χ0n) is 15.9. The van der Waals surface area contributed by atoms with E-state index in [1.165, 1.54) is 12.2 Å². The lowest BCUT2D eigenvalue weighted by molar-refractivity contribution is -0.137. The second kappa shape index (κ2) is 15.6. The van der Waals surface area contributed by atoms with Crippen molar-refractivity contribution < 1.29 is 28.6 Å². The van der Waals surface area contributed by atoms with E-state index in [4.69, 9.17) is 14.2 Å². The first-order chi connectivity index (χ1) is 13.1. The van der Waals surface area contributed by atoms with E-state index in [9.17, 15) is 14.4 Å². The number of rotatable bonds is 17. The molecule has 0 aromatic carbocycles. The Labute approximate surface area is 165 Å². The molecule has 27 heavy (non-hydrogen) atoms. The number of carbonyl (C=O) groups is 3. The summed E-state index contributed by atoms with van der Waals surface area (Å²) >= 11 is 1.79. The van der Waals surface area contributed by atoms with Crippen molar-refractivity contribution in [1.29, 1.82) is 0 Å². The van der Waals surface area contributed by atoms with E-state index in [1.807, 2.05) is 0 Å². The van der Waals surface area contributed by atoms with Crippen LogP contribution in [0.2, 0.25) is 0 Å². The van der Waals surface area contributed by atoms with Gasteiger partial charge in [-0.15, -0.1) is 0 Å². The maximum atomic E-state index is 11.5. The molecule has 8 nitrogen and oxygen atoms in total. The predicted octanol–water partition coefficient (Wildman–Crippen LogP) is 0.611. The van der Waals surface area contributed by atoms with Gasteiger partial charge in [0, 0.05) is 25.1 Å². The molecule has 1 aliphatic rings. The Morgan fingerprint density at radius 2 is 1.56 bits per heavy atom. The first kappa shape index (κ1) is 23.6. The van der Waals surface area contributed by atoms with Crippen LogP contribution in [-0.4, -0.2) is 87.4 Å². The molecule has 9 heteroatoms. The van der Waals surface area contributed by atoms with Gasteiger partial charge in [-0.3, -0.25) is 19.3 Å². The van der Waals surface area contributed by atoms with Gasteiger partial charge in [-0.05, 0) is 24.9 Å². The van der Waals surface area contributed by atoms with Gasteiger partial charge < -0.3 is 19.5 Å². The summed E-state index contributed by atoms with van der Waals surface area (Å²) in [6, 6.07) is 0. The van der Waals surface area contributed by atoms with Crippen LogP contribution >= 0.6 is 11.8 Å². The van der Waals surface area contributed by atoms with Gasteiger partial charge in [-0.2, -0.15) is 11.8 Å². The van der Waals surface area contributed by atoms with Crippen molar-refractivity contribution in [3.63, 3.8) is 0 Å². The van der Waals surface area contributed by atoms with Crippen molar-refractivity contribution in [1.82, 2.24) is 10.2 Å². The fourth-order valence-electron chi connectivity index (χ4n) is 2.23. The summed E-state index contributed by atoms with van der Waals surface area (Å²) in [6.45, 7) is 3.19. The van der Waals surface area contributed by atoms with Crippen molar-refractivity contribution in [3.8, 4) is 0 Å². The number of hydrogen-bond donors (Lipinski definition) is 1. The normalized spacial score (nSPS) is 13.6. The van der Waals surface area contributed by atoms with Crippen molar-refractivity contribution in [2.75, 3.05) is 64.7 Å². The van der Waals surface area contributed by atoms with Crippen LogP contribution in [0.5, 0.6) is 0 Å². The minimum atomic E-state index is -0.302. The highest BCUT2D eigenvalue weighted by Crippen LogP contribution is 2.02. The highest BCUT2D eigenvalue weighted by molar-refractivity contribution is 7.98. The zero-order chi connectivity index (χ0) is 19.7. The number of nitrogens with one attached hydrogen (secondary N) is 1. The van der Waals surface area contributed by atoms with Crippen molar-refractivity contribution >= 4 is 29.5 Å². The molecule has 0 aromatic heterocycles. The lowest BCUT2D eigenvalue weighted by Gasteiger charge is -2.13. The molecule has 3 amide bonds. The molecule has 0 fully saturated rings. The minimum absolute atomic E-state index is 0.0706. The summed E-state index contributed by atoms with van der Waals surface area (Å²) in [5.41, 5.74) is 0. The van der Waals surface area contributed by atoms with Crippen molar-refractivity contribution in [3.05, 3.63) is 12.2 Å². The van der Waals surface area contributed by atoms with E-state index >= 15 is 0 Å². The molecule has 0 aromatic rings. The largest absolute Gasteiger partial charge is 0.377 e. The van der Waals surface area contributed by atoms with Crippen LogP contribution in [0.1, 0.15) is 19.3 Å². The number of amides is 3. The maximum absolute atomic E-state index is 11.5. The van der Waals surface area contributed by atoms with E-state index in [-0.39, 0.29) is 30.9 Å². The minimum Gasteiger partial charge on any atom is -0.377 e. The Kier molecular flexibility index (Phi) is 13.7. The summed E-state index contributed by atoms with van der Waals surface area (Å²) in [4.78, 5) is 35.3. The maximum Gasteiger partial charge on any atom is 0.253 e. The molecule has 1 heterocycles. The van der Waals surface area contributed by atoms with Crippen LogP contribution in [0.25, 0.3) is 0 Å². The highest BCUT2D eigenvalue weighted by Gasteiger charge is 2.22. The first-order valence-electron chi connectivity index (χ1n) is 9.17. The fraction of sp³-hybridized carbons (Fsp3) is 0.722. The molecule has 0 aliphatic carbocycles. The smallest absolute Gasteiger partial charge is 0.253 e. The first-order valence-corrected chi connectivity index (χ1v) is 10.6. The number of nitrogens with zero attached hydrogens (tertiary/aromatic N) is 1. The number of unbranched alkanes of at least 4 members (excludes halogenated alkanes) is 1. The van der Waals surface area contributed by atoms with E-state index < -0.39 is 0 Å². The quantitative estimate of drug-likeness (QED) is 0.281. The Morgan fingerprint density at radius 1 is 0.963 bits per heavy atom. The number of thioether (sulfide) groups is 1. The molecule has 1 N–H and O–H groups in total. The fourth-order valence-corrected chi connectivity index (χ4v) is 2.73. The molecule has 0 unspecified atom stereocenters. The molecule has 0 radical (unpaired) electrons. The van der Waals surface area contributed by atoms with Crippen LogP contribution in [0.15, 0.2) is 12.2 Å². The van der Waals surface area contributed by atoms with E-state index in [2.05, 4.69) is 11.6 Å². The van der Waals surface area contributed by atoms with Crippen LogP contribution in [0.3, 0.4) is 0 Å². The second-order valence-electron chi connectivity index (χ2n) is 5.80. The van der Waals surface area contributed by atoms with Crippen LogP contribution in [0.4, 0.5) is 0 Å². The standard InChI is InChI=1S/C18H30N2O6S/c1-27-15-3-2-4-16(21)19-7-9-24-11-13-26-14-12-25-10-8-20-17(22)5-6-18(20)23/h5-6H,2-4,7-15H2,1H3,(H,19,21). The zero-order valence-corrected chi connectivity index (χ0v) is 16.8. The summed E-state index contributed by atoms with van der Waals surface area (Å²) in [5, 5.41) is 2.83. The lowest BCUT2D eigenvalue weighted by Crippen LogP contribution is -2.33. The molecule has 1 aliphatic heterocycles. The Balaban J connectivity index is 1.78. The highest BCUT2D eigenvalue weighted by atomic mass is 32.2. The van der Waals surface area contributed by atoms with Crippen molar-refractivity contribution in [2.24, 2.45) is 0 Å². The predicted molar refractivity (Wildman–Crippen MR) is 104 cm³/mol. The SMILES string of the molecule is CSCCCCC(=O)NCCOCCOCCOCCN1C(=O)C=CC1=O. The second-order valence-corrected chi connectivity index (χ2v) is 6.78. The summed E-state index contributed by atoms with van der Waals surface area (Å²) in [6.07, 6.45) is 7.13. The van der Waals surface area contributed by atoms with Crippen LogP contribution in [0, 0.1) is 0 Å². The average molecular weight is 403 g/mol. The van der Waals surface area contributed by atoms with E-state index in [1.54, 1.807) is 11.8 Å². The van der Waals surface area contributed by atoms with Gasteiger partial charge >= 0.3 is 0 Å². The monoisotopic (exact) mass is 402 g/mol.